The van der Waals surface area contributed by atoms with Gasteiger partial charge in [0, 0.05) is 13.6 Å². The van der Waals surface area contributed by atoms with Crippen LogP contribution in [0.1, 0.15) is 11.1 Å². The second-order valence-corrected chi connectivity index (χ2v) is 3.93. The van der Waals surface area contributed by atoms with Crippen LogP contribution in [-0.4, -0.2) is 37.8 Å². The maximum Gasteiger partial charge on any atom is 0.286 e. The first kappa shape index (κ1) is 13.2. The lowest BCUT2D eigenvalue weighted by molar-refractivity contribution is -0.137. The van der Waals surface area contributed by atoms with Crippen molar-refractivity contribution in [3.8, 4) is 5.75 Å². The predicted octanol–water partition coefficient (Wildman–Crippen LogP) is 1.20. The highest BCUT2D eigenvalue weighted by Gasteiger charge is 2.07. The van der Waals surface area contributed by atoms with E-state index in [1.807, 2.05) is 25.1 Å². The summed E-state index contributed by atoms with van der Waals surface area (Å²) in [7, 11) is 3.26. The molecule has 0 spiro atoms. The molecule has 0 heterocycles. The molecule has 0 atom stereocenters. The molecule has 0 fully saturated rings. The van der Waals surface area contributed by atoms with E-state index in [9.17, 15) is 9.59 Å². The lowest BCUT2D eigenvalue weighted by Gasteiger charge is -2.14. The Labute approximate surface area is 101 Å². The van der Waals surface area contributed by atoms with Crippen molar-refractivity contribution in [2.24, 2.45) is 0 Å². The van der Waals surface area contributed by atoms with E-state index in [1.165, 1.54) is 4.90 Å². The van der Waals surface area contributed by atoms with Gasteiger partial charge in [-0.1, -0.05) is 12.1 Å². The van der Waals surface area contributed by atoms with Gasteiger partial charge in [-0.3, -0.25) is 9.59 Å². The number of rotatable bonds is 5. The third-order valence-corrected chi connectivity index (χ3v) is 2.67. The molecule has 0 aliphatic rings. The zero-order chi connectivity index (χ0) is 12.8. The van der Waals surface area contributed by atoms with Gasteiger partial charge in [-0.2, -0.15) is 0 Å². The molecule has 17 heavy (non-hydrogen) atoms. The fourth-order valence-corrected chi connectivity index (χ4v) is 1.59. The summed E-state index contributed by atoms with van der Waals surface area (Å²) in [6.45, 7) is 2.51. The van der Waals surface area contributed by atoms with Crippen molar-refractivity contribution in [2.75, 3.05) is 20.7 Å². The zero-order valence-electron chi connectivity index (χ0n) is 10.4. The van der Waals surface area contributed by atoms with Crippen LogP contribution >= 0.6 is 0 Å². The number of aldehydes is 1. The second kappa shape index (κ2) is 6.03. The molecule has 92 valence electrons. The monoisotopic (exact) mass is 235 g/mol. The van der Waals surface area contributed by atoms with Gasteiger partial charge in [-0.25, -0.2) is 0 Å². The Morgan fingerprint density at radius 1 is 1.47 bits per heavy atom. The highest BCUT2D eigenvalue weighted by atomic mass is 16.5. The van der Waals surface area contributed by atoms with E-state index in [1.54, 1.807) is 14.2 Å². The van der Waals surface area contributed by atoms with Crippen LogP contribution in [0.25, 0.3) is 0 Å². The minimum atomic E-state index is -0.491. The molecule has 1 amide bonds. The Kier molecular flexibility index (Phi) is 4.69. The Morgan fingerprint density at radius 3 is 2.71 bits per heavy atom. The summed E-state index contributed by atoms with van der Waals surface area (Å²) >= 11 is 0. The van der Waals surface area contributed by atoms with Gasteiger partial charge in [0.15, 0.2) is 0 Å². The van der Waals surface area contributed by atoms with Crippen molar-refractivity contribution in [3.05, 3.63) is 29.3 Å². The van der Waals surface area contributed by atoms with E-state index in [2.05, 4.69) is 0 Å². The summed E-state index contributed by atoms with van der Waals surface area (Å²) in [5.41, 5.74) is 2.18. The van der Waals surface area contributed by atoms with Crippen molar-refractivity contribution < 1.29 is 14.3 Å². The number of amides is 1. The maximum absolute atomic E-state index is 11.0. The second-order valence-electron chi connectivity index (χ2n) is 3.93. The Hall–Kier alpha value is -1.84. The van der Waals surface area contributed by atoms with Gasteiger partial charge < -0.3 is 9.64 Å². The summed E-state index contributed by atoms with van der Waals surface area (Å²) < 4.78 is 5.17. The summed E-state index contributed by atoms with van der Waals surface area (Å²) in [6, 6.07) is 5.90. The highest BCUT2D eigenvalue weighted by molar-refractivity contribution is 6.23. The SMILES string of the molecule is COc1ccc(CCN(C)C(=O)C=O)cc1C. The third kappa shape index (κ3) is 3.59. The van der Waals surface area contributed by atoms with Crippen LogP contribution in [0.2, 0.25) is 0 Å². The van der Waals surface area contributed by atoms with Crippen LogP contribution in [0.4, 0.5) is 0 Å². The van der Waals surface area contributed by atoms with E-state index in [4.69, 9.17) is 4.74 Å². The number of hydrogen-bond acceptors (Lipinski definition) is 3. The van der Waals surface area contributed by atoms with E-state index >= 15 is 0 Å². The van der Waals surface area contributed by atoms with Crippen LogP contribution in [0, 0.1) is 6.92 Å². The van der Waals surface area contributed by atoms with Crippen LogP contribution in [0.5, 0.6) is 5.75 Å². The minimum absolute atomic E-state index is 0.333. The Bertz CT molecular complexity index is 415. The number of methoxy groups -OCH3 is 1. The number of carbonyl (C=O) groups is 2. The van der Waals surface area contributed by atoms with Gasteiger partial charge in [0.2, 0.25) is 6.29 Å². The van der Waals surface area contributed by atoms with E-state index in [-0.39, 0.29) is 0 Å². The third-order valence-electron chi connectivity index (χ3n) is 2.67. The Balaban J connectivity index is 2.61. The summed E-state index contributed by atoms with van der Waals surface area (Å²) in [6.07, 6.45) is 1.06. The topological polar surface area (TPSA) is 46.6 Å². The van der Waals surface area contributed by atoms with Gasteiger partial charge in [0.1, 0.15) is 5.75 Å². The molecule has 0 aliphatic heterocycles. The smallest absolute Gasteiger partial charge is 0.286 e. The first-order valence-electron chi connectivity index (χ1n) is 5.42. The molecule has 1 aromatic rings. The van der Waals surface area contributed by atoms with Crippen molar-refractivity contribution in [3.63, 3.8) is 0 Å². The van der Waals surface area contributed by atoms with Crippen LogP contribution in [0.3, 0.4) is 0 Å². The number of aryl methyl sites for hydroxylation is 1. The van der Waals surface area contributed by atoms with Gasteiger partial charge >= 0.3 is 0 Å². The number of carbonyl (C=O) groups excluding carboxylic acids is 2. The lowest BCUT2D eigenvalue weighted by atomic mass is 10.1. The average molecular weight is 235 g/mol. The number of hydrogen-bond donors (Lipinski definition) is 0. The zero-order valence-corrected chi connectivity index (χ0v) is 10.4. The van der Waals surface area contributed by atoms with Crippen molar-refractivity contribution >= 4 is 12.2 Å². The van der Waals surface area contributed by atoms with Gasteiger partial charge in [-0.05, 0) is 30.5 Å². The molecule has 0 aromatic heterocycles. The molecule has 0 unspecified atom stereocenters. The van der Waals surface area contributed by atoms with Gasteiger partial charge in [-0.15, -0.1) is 0 Å². The number of ether oxygens (including phenoxy) is 1. The van der Waals surface area contributed by atoms with Crippen LogP contribution in [0.15, 0.2) is 18.2 Å². The van der Waals surface area contributed by atoms with Gasteiger partial charge in [0.25, 0.3) is 5.91 Å². The molecule has 0 radical (unpaired) electrons. The summed E-state index contributed by atoms with van der Waals surface area (Å²) in [5, 5.41) is 0. The predicted molar refractivity (Wildman–Crippen MR) is 65.1 cm³/mol. The molecule has 4 heteroatoms. The van der Waals surface area contributed by atoms with Gasteiger partial charge in [0.05, 0.1) is 7.11 Å². The fourth-order valence-electron chi connectivity index (χ4n) is 1.59. The van der Waals surface area contributed by atoms with Crippen molar-refractivity contribution in [1.82, 2.24) is 4.90 Å². The van der Waals surface area contributed by atoms with Crippen molar-refractivity contribution in [1.29, 1.82) is 0 Å². The quantitative estimate of drug-likeness (QED) is 0.569. The molecule has 0 N–H and O–H groups in total. The normalized spacial score (nSPS) is 9.82. The van der Waals surface area contributed by atoms with E-state index in [0.29, 0.717) is 12.8 Å². The van der Waals surface area contributed by atoms with E-state index in [0.717, 1.165) is 23.3 Å². The highest BCUT2D eigenvalue weighted by Crippen LogP contribution is 2.18. The molecular formula is C13H17NO3. The first-order valence-corrected chi connectivity index (χ1v) is 5.42. The van der Waals surface area contributed by atoms with Crippen LogP contribution in [-0.2, 0) is 16.0 Å². The molecule has 0 saturated carbocycles. The molecule has 0 bridgehead atoms. The standard InChI is InChI=1S/C13H17NO3/c1-10-8-11(4-5-12(10)17-3)6-7-14(2)13(16)9-15/h4-5,8-9H,6-7H2,1-3H3. The minimum Gasteiger partial charge on any atom is -0.496 e. The number of benzene rings is 1. The molecule has 4 nitrogen and oxygen atoms in total. The molecule has 0 saturated heterocycles. The lowest BCUT2D eigenvalue weighted by Crippen LogP contribution is -2.29. The van der Waals surface area contributed by atoms with E-state index < -0.39 is 5.91 Å². The molecule has 1 aromatic carbocycles. The number of likely N-dealkylation sites (N-methyl/N-ethyl adjacent to an activating group) is 1. The Morgan fingerprint density at radius 2 is 2.18 bits per heavy atom. The summed E-state index contributed by atoms with van der Waals surface area (Å²) in [5.74, 6) is 0.362. The van der Waals surface area contributed by atoms with Crippen LogP contribution < -0.4 is 4.74 Å². The fraction of sp³-hybridized carbons (Fsp3) is 0.385. The average Bonchev–Trinajstić information content (AvgIpc) is 2.35. The van der Waals surface area contributed by atoms with Crippen molar-refractivity contribution in [2.45, 2.75) is 13.3 Å². The largest absolute Gasteiger partial charge is 0.496 e. The molecule has 0 aliphatic carbocycles. The summed E-state index contributed by atoms with van der Waals surface area (Å²) in [4.78, 5) is 22.7. The molecule has 1 rings (SSSR count). The number of nitrogens with zero attached hydrogens (tertiary/aromatic N) is 1. The molecular weight excluding hydrogens is 218 g/mol. The first-order chi connectivity index (χ1) is 8.08. The maximum atomic E-state index is 11.0.